The van der Waals surface area contributed by atoms with Crippen LogP contribution in [0.4, 0.5) is 5.69 Å². The number of anilines is 1. The molecule has 0 aliphatic rings. The van der Waals surface area contributed by atoms with Gasteiger partial charge in [0, 0.05) is 11.3 Å². The highest BCUT2D eigenvalue weighted by atomic mass is 16.3. The number of ketones is 1. The molecule has 0 amide bonds. The van der Waals surface area contributed by atoms with Crippen molar-refractivity contribution in [3.63, 3.8) is 0 Å². The van der Waals surface area contributed by atoms with Gasteiger partial charge in [-0.25, -0.2) is 0 Å². The second-order valence-corrected chi connectivity index (χ2v) is 5.79. The third-order valence-corrected chi connectivity index (χ3v) is 3.99. The fraction of sp³-hybridized carbons (Fsp3) is 0.0952. The zero-order chi connectivity index (χ0) is 16.9. The van der Waals surface area contributed by atoms with Gasteiger partial charge in [-0.2, -0.15) is 0 Å². The molecule has 0 aliphatic heterocycles. The highest BCUT2D eigenvalue weighted by molar-refractivity contribution is 5.99. The lowest BCUT2D eigenvalue weighted by Gasteiger charge is -2.11. The number of carbonyl (C=O) groups is 1. The quantitative estimate of drug-likeness (QED) is 0.556. The topological polar surface area (TPSA) is 63.3 Å². The summed E-state index contributed by atoms with van der Waals surface area (Å²) in [5.74, 6) is -0.314. The number of rotatable bonds is 5. The van der Waals surface area contributed by atoms with Crippen LogP contribution in [0.2, 0.25) is 0 Å². The van der Waals surface area contributed by atoms with Gasteiger partial charge in [0.2, 0.25) is 0 Å². The Balaban J connectivity index is 1.72. The van der Waals surface area contributed by atoms with Gasteiger partial charge in [-0.1, -0.05) is 66.7 Å². The third kappa shape index (κ3) is 3.70. The molecular formula is C21H19NO2. The van der Waals surface area contributed by atoms with Gasteiger partial charge < -0.3 is 10.8 Å². The number of benzene rings is 3. The molecule has 0 radical (unpaired) electrons. The molecule has 1 unspecified atom stereocenters. The van der Waals surface area contributed by atoms with Crippen molar-refractivity contribution in [3.8, 4) is 0 Å². The number of aliphatic hydroxyl groups excluding tert-OH is 1. The van der Waals surface area contributed by atoms with E-state index in [9.17, 15) is 9.90 Å². The zero-order valence-corrected chi connectivity index (χ0v) is 13.2. The van der Waals surface area contributed by atoms with Crippen LogP contribution in [0.25, 0.3) is 0 Å². The van der Waals surface area contributed by atoms with Crippen molar-refractivity contribution in [2.24, 2.45) is 0 Å². The molecule has 0 heterocycles. The first kappa shape index (κ1) is 16.0. The lowest BCUT2D eigenvalue weighted by Crippen LogP contribution is -2.12. The van der Waals surface area contributed by atoms with Crippen molar-refractivity contribution >= 4 is 11.5 Å². The highest BCUT2D eigenvalue weighted by Gasteiger charge is 2.19. The van der Waals surface area contributed by atoms with Crippen LogP contribution in [0, 0.1) is 0 Å². The number of hydrogen-bond donors (Lipinski definition) is 2. The fourth-order valence-electron chi connectivity index (χ4n) is 2.61. The van der Waals surface area contributed by atoms with Gasteiger partial charge in [0.15, 0.2) is 5.78 Å². The van der Waals surface area contributed by atoms with Gasteiger partial charge in [-0.15, -0.1) is 0 Å². The molecule has 0 aromatic heterocycles. The number of nitrogen functional groups attached to an aromatic ring is 1. The average molecular weight is 317 g/mol. The molecular weight excluding hydrogens is 298 g/mol. The van der Waals surface area contributed by atoms with Crippen LogP contribution >= 0.6 is 0 Å². The Kier molecular flexibility index (Phi) is 4.73. The standard InChI is InChI=1S/C21H19NO2/c22-19-12-10-18(11-13-19)21(24)20(23)17-8-6-16(7-9-17)14-15-4-2-1-3-5-15/h1-13,21,24H,14,22H2. The lowest BCUT2D eigenvalue weighted by atomic mass is 9.97. The van der Waals surface area contributed by atoms with Crippen molar-refractivity contribution < 1.29 is 9.90 Å². The van der Waals surface area contributed by atoms with Gasteiger partial charge in [0.25, 0.3) is 0 Å². The summed E-state index contributed by atoms with van der Waals surface area (Å²) in [6, 6.07) is 24.2. The molecule has 0 aliphatic carbocycles. The molecule has 0 fully saturated rings. The van der Waals surface area contributed by atoms with Crippen molar-refractivity contribution in [1.82, 2.24) is 0 Å². The van der Waals surface area contributed by atoms with Crippen LogP contribution in [-0.4, -0.2) is 10.9 Å². The molecule has 3 N–H and O–H groups in total. The Morgan fingerprint density at radius 1 is 0.833 bits per heavy atom. The first-order valence-corrected chi connectivity index (χ1v) is 7.84. The fourth-order valence-corrected chi connectivity index (χ4v) is 2.61. The summed E-state index contributed by atoms with van der Waals surface area (Å²) in [4.78, 5) is 12.4. The van der Waals surface area contributed by atoms with E-state index in [0.717, 1.165) is 12.0 Å². The van der Waals surface area contributed by atoms with Crippen LogP contribution in [-0.2, 0) is 6.42 Å². The molecule has 1 atom stereocenters. The SMILES string of the molecule is Nc1ccc(C(O)C(=O)c2ccc(Cc3ccccc3)cc2)cc1. The van der Waals surface area contributed by atoms with Crippen LogP contribution in [0.5, 0.6) is 0 Å². The monoisotopic (exact) mass is 317 g/mol. The molecule has 3 aromatic carbocycles. The molecule has 0 spiro atoms. The maximum Gasteiger partial charge on any atom is 0.195 e. The Bertz CT molecular complexity index is 809. The number of carbonyl (C=O) groups excluding carboxylic acids is 1. The first-order chi connectivity index (χ1) is 11.6. The van der Waals surface area contributed by atoms with Crippen LogP contribution in [0.15, 0.2) is 78.9 Å². The van der Waals surface area contributed by atoms with Crippen molar-refractivity contribution in [1.29, 1.82) is 0 Å². The minimum absolute atomic E-state index is 0.314. The van der Waals surface area contributed by atoms with Crippen molar-refractivity contribution in [3.05, 3.63) is 101 Å². The van der Waals surface area contributed by atoms with Gasteiger partial charge in [-0.3, -0.25) is 4.79 Å². The number of nitrogens with two attached hydrogens (primary N) is 1. The second kappa shape index (κ2) is 7.11. The van der Waals surface area contributed by atoms with E-state index in [1.807, 2.05) is 30.3 Å². The summed E-state index contributed by atoms with van der Waals surface area (Å²) < 4.78 is 0. The highest BCUT2D eigenvalue weighted by Crippen LogP contribution is 2.20. The zero-order valence-electron chi connectivity index (χ0n) is 13.2. The molecule has 120 valence electrons. The van der Waals surface area contributed by atoms with E-state index in [2.05, 4.69) is 12.1 Å². The van der Waals surface area contributed by atoms with Crippen LogP contribution in [0.3, 0.4) is 0 Å². The van der Waals surface area contributed by atoms with Gasteiger partial charge in [-0.05, 0) is 35.2 Å². The minimum atomic E-state index is -1.18. The summed E-state index contributed by atoms with van der Waals surface area (Å²) in [5, 5.41) is 10.2. The smallest absolute Gasteiger partial charge is 0.195 e. The van der Waals surface area contributed by atoms with E-state index in [1.165, 1.54) is 5.56 Å². The minimum Gasteiger partial charge on any atom is -0.399 e. The largest absolute Gasteiger partial charge is 0.399 e. The molecule has 24 heavy (non-hydrogen) atoms. The molecule has 3 rings (SSSR count). The number of aliphatic hydroxyl groups is 1. The van der Waals surface area contributed by atoms with Crippen LogP contribution < -0.4 is 5.73 Å². The molecule has 0 saturated heterocycles. The first-order valence-electron chi connectivity index (χ1n) is 7.84. The summed E-state index contributed by atoms with van der Waals surface area (Å²) in [6.45, 7) is 0. The predicted octanol–water partition coefficient (Wildman–Crippen LogP) is 3.78. The Morgan fingerprint density at radius 3 is 2.04 bits per heavy atom. The van der Waals surface area contributed by atoms with E-state index < -0.39 is 6.10 Å². The summed E-state index contributed by atoms with van der Waals surface area (Å²) >= 11 is 0. The Labute approximate surface area is 141 Å². The maximum absolute atomic E-state index is 12.4. The molecule has 3 aromatic rings. The van der Waals surface area contributed by atoms with E-state index in [1.54, 1.807) is 36.4 Å². The maximum atomic E-state index is 12.4. The summed E-state index contributed by atoms with van der Waals surface area (Å²) in [7, 11) is 0. The van der Waals surface area contributed by atoms with E-state index in [4.69, 9.17) is 5.73 Å². The van der Waals surface area contributed by atoms with Crippen LogP contribution in [0.1, 0.15) is 33.2 Å². The van der Waals surface area contributed by atoms with E-state index in [-0.39, 0.29) is 5.78 Å². The number of hydrogen-bond acceptors (Lipinski definition) is 3. The molecule has 0 saturated carbocycles. The number of Topliss-reactive ketones (excluding diaryl/α,β-unsaturated/α-hetero) is 1. The van der Waals surface area contributed by atoms with Crippen molar-refractivity contribution in [2.45, 2.75) is 12.5 Å². The normalized spacial score (nSPS) is 11.9. The van der Waals surface area contributed by atoms with E-state index >= 15 is 0 Å². The molecule has 3 nitrogen and oxygen atoms in total. The summed E-state index contributed by atoms with van der Waals surface area (Å²) in [5.41, 5.74) is 9.61. The van der Waals surface area contributed by atoms with Crippen molar-refractivity contribution in [2.75, 3.05) is 5.73 Å². The lowest BCUT2D eigenvalue weighted by molar-refractivity contribution is 0.0747. The summed E-state index contributed by atoms with van der Waals surface area (Å²) in [6.07, 6.45) is -0.360. The molecule has 0 bridgehead atoms. The Morgan fingerprint density at radius 2 is 1.42 bits per heavy atom. The average Bonchev–Trinajstić information content (AvgIpc) is 2.63. The van der Waals surface area contributed by atoms with Gasteiger partial charge >= 0.3 is 0 Å². The van der Waals surface area contributed by atoms with Gasteiger partial charge in [0.05, 0.1) is 0 Å². The molecule has 3 heteroatoms. The van der Waals surface area contributed by atoms with E-state index in [0.29, 0.717) is 16.8 Å². The third-order valence-electron chi connectivity index (χ3n) is 3.99. The second-order valence-electron chi connectivity index (χ2n) is 5.79. The predicted molar refractivity (Wildman–Crippen MR) is 95.8 cm³/mol. The van der Waals surface area contributed by atoms with Gasteiger partial charge in [0.1, 0.15) is 6.10 Å². The Hall–Kier alpha value is -2.91.